The van der Waals surface area contributed by atoms with Gasteiger partial charge in [-0.05, 0) is 37.0 Å². The molecule has 0 aliphatic carbocycles. The van der Waals surface area contributed by atoms with Gasteiger partial charge in [0, 0.05) is 30.4 Å². The van der Waals surface area contributed by atoms with E-state index in [0.717, 1.165) is 30.9 Å². The van der Waals surface area contributed by atoms with Crippen molar-refractivity contribution in [3.8, 4) is 17.5 Å². The van der Waals surface area contributed by atoms with E-state index in [1.165, 1.54) is 6.42 Å². The molecule has 0 bridgehead atoms. The van der Waals surface area contributed by atoms with Gasteiger partial charge in [0.15, 0.2) is 5.82 Å². The van der Waals surface area contributed by atoms with Crippen LogP contribution in [0.2, 0.25) is 0 Å². The van der Waals surface area contributed by atoms with Crippen LogP contribution in [-0.4, -0.2) is 29.0 Å². The predicted octanol–water partition coefficient (Wildman–Crippen LogP) is 4.50. The van der Waals surface area contributed by atoms with Crippen LogP contribution in [0.3, 0.4) is 0 Å². The summed E-state index contributed by atoms with van der Waals surface area (Å²) >= 11 is 0. The Morgan fingerprint density at radius 1 is 1.13 bits per heavy atom. The number of rotatable bonds is 4. The lowest BCUT2D eigenvalue weighted by molar-refractivity contribution is 0.102. The van der Waals surface area contributed by atoms with Gasteiger partial charge >= 0.3 is 0 Å². The van der Waals surface area contributed by atoms with Crippen molar-refractivity contribution in [3.63, 3.8) is 0 Å². The van der Waals surface area contributed by atoms with Crippen molar-refractivity contribution < 1.29 is 4.79 Å². The lowest BCUT2D eigenvalue weighted by Gasteiger charge is -2.32. The molecule has 1 N–H and O–H groups in total. The number of nitrogens with one attached hydrogen (secondary N) is 1. The molecule has 0 saturated carbocycles. The quantitative estimate of drug-likeness (QED) is 0.701. The number of piperidine rings is 1. The van der Waals surface area contributed by atoms with Crippen LogP contribution in [0.4, 0.5) is 11.5 Å². The van der Waals surface area contributed by atoms with Gasteiger partial charge in [-0.15, -0.1) is 0 Å². The maximum atomic E-state index is 13.0. The molecule has 1 atom stereocenters. The summed E-state index contributed by atoms with van der Waals surface area (Å²) < 4.78 is 0. The van der Waals surface area contributed by atoms with Gasteiger partial charge in [0.2, 0.25) is 0 Å². The van der Waals surface area contributed by atoms with Crippen molar-refractivity contribution in [2.24, 2.45) is 5.92 Å². The normalized spacial score (nSPS) is 16.0. The van der Waals surface area contributed by atoms with Crippen molar-refractivity contribution in [2.45, 2.75) is 19.8 Å². The number of anilines is 2. The third-order valence-corrected chi connectivity index (χ3v) is 5.21. The molecule has 1 aromatic heterocycles. The summed E-state index contributed by atoms with van der Waals surface area (Å²) in [7, 11) is 0. The first-order chi connectivity index (χ1) is 14.6. The van der Waals surface area contributed by atoms with Gasteiger partial charge in [0.1, 0.15) is 11.5 Å². The van der Waals surface area contributed by atoms with Crippen LogP contribution in [-0.2, 0) is 0 Å². The van der Waals surface area contributed by atoms with Crippen molar-refractivity contribution in [2.75, 3.05) is 23.3 Å². The number of aromatic nitrogens is 2. The zero-order valence-corrected chi connectivity index (χ0v) is 16.9. The third-order valence-electron chi connectivity index (χ3n) is 5.21. The molecule has 0 spiro atoms. The number of hydrogen-bond donors (Lipinski definition) is 1. The Balaban J connectivity index is 1.69. The monoisotopic (exact) mass is 397 g/mol. The van der Waals surface area contributed by atoms with E-state index in [4.69, 9.17) is 10.2 Å². The first-order valence-corrected chi connectivity index (χ1v) is 10.1. The SMILES string of the molecule is CC1CCCN(c2cc(C(=O)Nc3cccc(C#N)c3)nc(-c3ccccc3)n2)C1. The smallest absolute Gasteiger partial charge is 0.274 e. The minimum absolute atomic E-state index is 0.305. The minimum Gasteiger partial charge on any atom is -0.356 e. The van der Waals surface area contributed by atoms with Gasteiger partial charge in [-0.25, -0.2) is 9.97 Å². The summed E-state index contributed by atoms with van der Waals surface area (Å²) in [5.74, 6) is 1.56. The van der Waals surface area contributed by atoms with E-state index in [9.17, 15) is 4.79 Å². The molecule has 2 heterocycles. The highest BCUT2D eigenvalue weighted by Crippen LogP contribution is 2.25. The first-order valence-electron chi connectivity index (χ1n) is 10.1. The van der Waals surface area contributed by atoms with Crippen molar-refractivity contribution in [3.05, 3.63) is 71.9 Å². The van der Waals surface area contributed by atoms with Gasteiger partial charge < -0.3 is 10.2 Å². The Labute approximate surface area is 176 Å². The molecule has 150 valence electrons. The topological polar surface area (TPSA) is 81.9 Å². The lowest BCUT2D eigenvalue weighted by atomic mass is 10.0. The second-order valence-corrected chi connectivity index (χ2v) is 7.64. The number of hydrogen-bond acceptors (Lipinski definition) is 5. The lowest BCUT2D eigenvalue weighted by Crippen LogP contribution is -2.35. The molecule has 1 saturated heterocycles. The highest BCUT2D eigenvalue weighted by molar-refractivity contribution is 6.03. The number of carbonyl (C=O) groups is 1. The number of amides is 1. The zero-order chi connectivity index (χ0) is 20.9. The molecule has 4 rings (SSSR count). The Hall–Kier alpha value is -3.72. The molecular formula is C24H23N5O. The Bertz CT molecular complexity index is 1090. The molecule has 1 amide bonds. The molecule has 6 nitrogen and oxygen atoms in total. The summed E-state index contributed by atoms with van der Waals surface area (Å²) in [6.07, 6.45) is 2.31. The Morgan fingerprint density at radius 2 is 1.97 bits per heavy atom. The summed E-state index contributed by atoms with van der Waals surface area (Å²) in [4.78, 5) is 24.5. The average molecular weight is 397 g/mol. The fourth-order valence-corrected chi connectivity index (χ4v) is 3.69. The van der Waals surface area contributed by atoms with Crippen LogP contribution in [0.1, 0.15) is 35.8 Å². The van der Waals surface area contributed by atoms with E-state index in [0.29, 0.717) is 28.7 Å². The highest BCUT2D eigenvalue weighted by atomic mass is 16.1. The fourth-order valence-electron chi connectivity index (χ4n) is 3.69. The predicted molar refractivity (Wildman–Crippen MR) is 117 cm³/mol. The van der Waals surface area contributed by atoms with E-state index in [1.807, 2.05) is 30.3 Å². The van der Waals surface area contributed by atoms with Crippen LogP contribution in [0, 0.1) is 17.2 Å². The maximum absolute atomic E-state index is 13.0. The number of nitriles is 1. The van der Waals surface area contributed by atoms with Crippen LogP contribution >= 0.6 is 0 Å². The second-order valence-electron chi connectivity index (χ2n) is 7.64. The average Bonchev–Trinajstić information content (AvgIpc) is 2.79. The van der Waals surface area contributed by atoms with E-state index in [2.05, 4.69) is 28.2 Å². The molecule has 6 heteroatoms. The number of benzene rings is 2. The molecule has 1 aliphatic rings. The molecule has 3 aromatic rings. The van der Waals surface area contributed by atoms with E-state index in [1.54, 1.807) is 30.3 Å². The zero-order valence-electron chi connectivity index (χ0n) is 16.9. The summed E-state index contributed by atoms with van der Waals surface area (Å²) in [5.41, 5.74) is 2.22. The fraction of sp³-hybridized carbons (Fsp3) is 0.250. The van der Waals surface area contributed by atoms with E-state index in [-0.39, 0.29) is 5.91 Å². The first kappa shape index (κ1) is 19.6. The molecule has 1 fully saturated rings. The standard InChI is InChI=1S/C24H23N5O/c1-17-7-6-12-29(16-17)22-14-21(27-23(28-22)19-9-3-2-4-10-19)24(30)26-20-11-5-8-18(13-20)15-25/h2-5,8-11,13-14,17H,6-7,12,16H2,1H3,(H,26,30). The van der Waals surface area contributed by atoms with Gasteiger partial charge in [-0.1, -0.05) is 43.3 Å². The van der Waals surface area contributed by atoms with Gasteiger partial charge in [-0.3, -0.25) is 4.79 Å². The minimum atomic E-state index is -0.323. The number of nitrogens with zero attached hydrogens (tertiary/aromatic N) is 4. The molecule has 2 aromatic carbocycles. The van der Waals surface area contributed by atoms with Gasteiger partial charge in [0.05, 0.1) is 11.6 Å². The molecular weight excluding hydrogens is 374 g/mol. The Kier molecular flexibility index (Phi) is 5.71. The van der Waals surface area contributed by atoms with Crippen LogP contribution in [0.25, 0.3) is 11.4 Å². The van der Waals surface area contributed by atoms with Crippen molar-refractivity contribution >= 4 is 17.4 Å². The molecule has 30 heavy (non-hydrogen) atoms. The second kappa shape index (κ2) is 8.75. The summed E-state index contributed by atoms with van der Waals surface area (Å²) in [6, 6.07) is 20.4. The Morgan fingerprint density at radius 3 is 2.73 bits per heavy atom. The summed E-state index contributed by atoms with van der Waals surface area (Å²) in [6.45, 7) is 4.07. The summed E-state index contributed by atoms with van der Waals surface area (Å²) in [5, 5.41) is 11.9. The third kappa shape index (κ3) is 4.47. The van der Waals surface area contributed by atoms with Crippen molar-refractivity contribution in [1.29, 1.82) is 5.26 Å². The highest BCUT2D eigenvalue weighted by Gasteiger charge is 2.21. The van der Waals surface area contributed by atoms with Gasteiger partial charge in [0.25, 0.3) is 5.91 Å². The van der Waals surface area contributed by atoms with Crippen LogP contribution in [0.15, 0.2) is 60.7 Å². The van der Waals surface area contributed by atoms with E-state index >= 15 is 0 Å². The van der Waals surface area contributed by atoms with Crippen LogP contribution < -0.4 is 10.2 Å². The number of carbonyl (C=O) groups excluding carboxylic acids is 1. The largest absolute Gasteiger partial charge is 0.356 e. The van der Waals surface area contributed by atoms with Crippen molar-refractivity contribution in [1.82, 2.24) is 9.97 Å². The van der Waals surface area contributed by atoms with Crippen LogP contribution in [0.5, 0.6) is 0 Å². The van der Waals surface area contributed by atoms with E-state index < -0.39 is 0 Å². The van der Waals surface area contributed by atoms with Gasteiger partial charge in [-0.2, -0.15) is 5.26 Å². The molecule has 1 unspecified atom stereocenters. The molecule has 0 radical (unpaired) electrons. The maximum Gasteiger partial charge on any atom is 0.274 e. The molecule has 1 aliphatic heterocycles.